The van der Waals surface area contributed by atoms with Gasteiger partial charge in [-0.1, -0.05) is 30.3 Å². The molecule has 1 aliphatic carbocycles. The highest BCUT2D eigenvalue weighted by Gasteiger charge is 2.34. The van der Waals surface area contributed by atoms with E-state index in [4.69, 9.17) is 9.47 Å². The first-order valence-electron chi connectivity index (χ1n) is 7.90. The Morgan fingerprint density at radius 1 is 1.13 bits per heavy atom. The third-order valence-corrected chi connectivity index (χ3v) is 3.32. The molecule has 0 radical (unpaired) electrons. The van der Waals surface area contributed by atoms with E-state index in [9.17, 15) is 9.90 Å². The van der Waals surface area contributed by atoms with Gasteiger partial charge in [0, 0.05) is 5.56 Å². The summed E-state index contributed by atoms with van der Waals surface area (Å²) in [5.74, 6) is -1.11. The number of benzene rings is 1. The van der Waals surface area contributed by atoms with Gasteiger partial charge >= 0.3 is 0 Å². The van der Waals surface area contributed by atoms with E-state index in [2.05, 4.69) is 0 Å². The molecule has 0 heterocycles. The molecule has 2 rings (SSSR count). The molecule has 1 atom stereocenters. The third kappa shape index (κ3) is 4.53. The van der Waals surface area contributed by atoms with Gasteiger partial charge in [-0.25, -0.2) is 0 Å². The molecule has 0 saturated carbocycles. The smallest absolute Gasteiger partial charge is 0.196 e. The molecule has 0 fully saturated rings. The minimum Gasteiger partial charge on any atom is -0.494 e. The van der Waals surface area contributed by atoms with Gasteiger partial charge in [0.25, 0.3) is 0 Å². The van der Waals surface area contributed by atoms with Crippen LogP contribution in [0, 0.1) is 0 Å². The molecule has 0 spiro atoms. The van der Waals surface area contributed by atoms with Crippen molar-refractivity contribution in [1.29, 1.82) is 0 Å². The lowest BCUT2D eigenvalue weighted by Crippen LogP contribution is -2.36. The van der Waals surface area contributed by atoms with Crippen molar-refractivity contribution < 1.29 is 19.4 Å². The van der Waals surface area contributed by atoms with Crippen LogP contribution < -0.4 is 0 Å². The fourth-order valence-corrected chi connectivity index (χ4v) is 2.52. The highest BCUT2D eigenvalue weighted by molar-refractivity contribution is 6.11. The molecule has 0 aromatic heterocycles. The second kappa shape index (κ2) is 7.11. The molecule has 1 N–H and O–H groups in total. The van der Waals surface area contributed by atoms with Crippen molar-refractivity contribution >= 4 is 5.78 Å². The van der Waals surface area contributed by atoms with E-state index in [1.54, 1.807) is 18.2 Å². The predicted molar refractivity (Wildman–Crippen MR) is 88.9 cm³/mol. The van der Waals surface area contributed by atoms with Crippen molar-refractivity contribution in [2.75, 3.05) is 0 Å². The molecular formula is C19H24O4. The van der Waals surface area contributed by atoms with Gasteiger partial charge in [-0.05, 0) is 39.8 Å². The maximum Gasteiger partial charge on any atom is 0.196 e. The van der Waals surface area contributed by atoms with Crippen molar-refractivity contribution in [3.05, 3.63) is 59.4 Å². The molecule has 4 nitrogen and oxygen atoms in total. The summed E-state index contributed by atoms with van der Waals surface area (Å²) in [6.07, 6.45) is 3.00. The molecule has 23 heavy (non-hydrogen) atoms. The Labute approximate surface area is 137 Å². The first-order chi connectivity index (χ1) is 10.8. The summed E-state index contributed by atoms with van der Waals surface area (Å²) in [6, 6.07) is 9.04. The van der Waals surface area contributed by atoms with Crippen LogP contribution in [0.1, 0.15) is 44.5 Å². The van der Waals surface area contributed by atoms with E-state index in [1.807, 2.05) is 45.9 Å². The van der Waals surface area contributed by atoms with Crippen molar-refractivity contribution in [3.63, 3.8) is 0 Å². The molecule has 0 saturated heterocycles. The molecule has 0 aliphatic heterocycles. The number of ketones is 1. The lowest BCUT2D eigenvalue weighted by atomic mass is 9.93. The Bertz CT molecular complexity index is 614. The Morgan fingerprint density at radius 2 is 1.78 bits per heavy atom. The predicted octanol–water partition coefficient (Wildman–Crippen LogP) is 3.62. The quantitative estimate of drug-likeness (QED) is 0.643. The van der Waals surface area contributed by atoms with Gasteiger partial charge in [0.05, 0.1) is 24.2 Å². The molecule has 1 aromatic carbocycles. The number of carbonyl (C=O) groups excluding carboxylic acids is 1. The van der Waals surface area contributed by atoms with Crippen LogP contribution in [0.25, 0.3) is 0 Å². The standard InChI is InChI=1S/C19H24O4/c1-13(2)22-17-12-19(21,23-14(3)4)11-10-16(17)18(20)15-8-6-5-7-9-15/h5-11,13-14,21H,12H2,1-4H3. The minimum atomic E-state index is -1.45. The number of ether oxygens (including phenoxy) is 2. The van der Waals surface area contributed by atoms with Gasteiger partial charge in [-0.15, -0.1) is 0 Å². The summed E-state index contributed by atoms with van der Waals surface area (Å²) < 4.78 is 11.4. The minimum absolute atomic E-state index is 0.0987. The van der Waals surface area contributed by atoms with E-state index in [0.717, 1.165) is 0 Å². The van der Waals surface area contributed by atoms with Crippen molar-refractivity contribution in [2.45, 2.75) is 52.1 Å². The van der Waals surface area contributed by atoms with Crippen LogP contribution in [0.4, 0.5) is 0 Å². The van der Waals surface area contributed by atoms with Crippen LogP contribution in [0.5, 0.6) is 0 Å². The van der Waals surface area contributed by atoms with E-state index in [1.165, 1.54) is 6.08 Å². The monoisotopic (exact) mass is 316 g/mol. The van der Waals surface area contributed by atoms with Crippen molar-refractivity contribution in [1.82, 2.24) is 0 Å². The molecule has 1 aliphatic rings. The van der Waals surface area contributed by atoms with Gasteiger partial charge in [0.15, 0.2) is 11.6 Å². The first kappa shape index (κ1) is 17.4. The fraction of sp³-hybridized carbons (Fsp3) is 0.421. The van der Waals surface area contributed by atoms with Gasteiger partial charge in [-0.3, -0.25) is 4.79 Å². The molecule has 124 valence electrons. The van der Waals surface area contributed by atoms with Crippen LogP contribution in [0.2, 0.25) is 0 Å². The summed E-state index contributed by atoms with van der Waals surface area (Å²) >= 11 is 0. The number of carbonyl (C=O) groups is 1. The van der Waals surface area contributed by atoms with Gasteiger partial charge in [-0.2, -0.15) is 0 Å². The number of aliphatic hydroxyl groups is 1. The van der Waals surface area contributed by atoms with Crippen LogP contribution in [-0.2, 0) is 9.47 Å². The Kier molecular flexibility index (Phi) is 5.39. The SMILES string of the molecule is CC(C)OC1=C(C(=O)c2ccccc2)C=CC(O)(OC(C)C)C1. The molecule has 1 unspecified atom stereocenters. The van der Waals surface area contributed by atoms with E-state index >= 15 is 0 Å². The topological polar surface area (TPSA) is 55.8 Å². The van der Waals surface area contributed by atoms with Crippen molar-refractivity contribution in [2.24, 2.45) is 0 Å². The summed E-state index contributed by atoms with van der Waals surface area (Å²) in [5, 5.41) is 10.6. The molecular weight excluding hydrogens is 292 g/mol. The summed E-state index contributed by atoms with van der Waals surface area (Å²) in [5.41, 5.74) is 1.05. The lowest BCUT2D eigenvalue weighted by Gasteiger charge is -2.32. The number of hydrogen-bond acceptors (Lipinski definition) is 4. The summed E-state index contributed by atoms with van der Waals surface area (Å²) in [7, 11) is 0. The van der Waals surface area contributed by atoms with E-state index in [0.29, 0.717) is 16.9 Å². The second-order valence-electron chi connectivity index (χ2n) is 6.22. The number of rotatable bonds is 6. The zero-order valence-electron chi connectivity index (χ0n) is 14.1. The normalized spacial score (nSPS) is 21.2. The third-order valence-electron chi connectivity index (χ3n) is 3.32. The lowest BCUT2D eigenvalue weighted by molar-refractivity contribution is -0.193. The highest BCUT2D eigenvalue weighted by Crippen LogP contribution is 2.32. The Balaban J connectivity index is 2.34. The number of hydrogen-bond donors (Lipinski definition) is 1. The summed E-state index contributed by atoms with van der Waals surface area (Å²) in [4.78, 5) is 12.7. The Hall–Kier alpha value is -1.91. The maximum atomic E-state index is 12.7. The van der Waals surface area contributed by atoms with Gasteiger partial charge in [0.2, 0.25) is 0 Å². The second-order valence-corrected chi connectivity index (χ2v) is 6.22. The largest absolute Gasteiger partial charge is 0.494 e. The van der Waals surface area contributed by atoms with Crippen LogP contribution in [-0.4, -0.2) is 28.9 Å². The highest BCUT2D eigenvalue weighted by atomic mass is 16.6. The van der Waals surface area contributed by atoms with E-state index in [-0.39, 0.29) is 24.4 Å². The van der Waals surface area contributed by atoms with Crippen LogP contribution in [0.3, 0.4) is 0 Å². The zero-order valence-corrected chi connectivity index (χ0v) is 14.1. The van der Waals surface area contributed by atoms with Crippen LogP contribution >= 0.6 is 0 Å². The fourth-order valence-electron chi connectivity index (χ4n) is 2.52. The van der Waals surface area contributed by atoms with Crippen LogP contribution in [0.15, 0.2) is 53.8 Å². The molecule has 1 aromatic rings. The van der Waals surface area contributed by atoms with E-state index < -0.39 is 5.79 Å². The zero-order chi connectivity index (χ0) is 17.0. The number of Topliss-reactive ketones (excluding diaryl/α,β-unsaturated/α-hetero) is 1. The summed E-state index contributed by atoms with van der Waals surface area (Å²) in [6.45, 7) is 7.48. The maximum absolute atomic E-state index is 12.7. The average molecular weight is 316 g/mol. The molecule has 0 bridgehead atoms. The number of allylic oxidation sites excluding steroid dienone is 2. The van der Waals surface area contributed by atoms with Crippen molar-refractivity contribution in [3.8, 4) is 0 Å². The van der Waals surface area contributed by atoms with Gasteiger partial charge < -0.3 is 14.6 Å². The molecule has 0 amide bonds. The first-order valence-corrected chi connectivity index (χ1v) is 7.90. The Morgan fingerprint density at radius 3 is 2.35 bits per heavy atom. The van der Waals surface area contributed by atoms with Gasteiger partial charge in [0.1, 0.15) is 5.76 Å². The average Bonchev–Trinajstić information content (AvgIpc) is 2.46. The molecule has 4 heteroatoms.